The number of carbonyl (C=O) groups excluding carboxylic acids is 1. The van der Waals surface area contributed by atoms with Gasteiger partial charge in [0.1, 0.15) is 0 Å². The zero-order valence-corrected chi connectivity index (χ0v) is 11.1. The molecule has 0 spiro atoms. The zero-order valence-electron chi connectivity index (χ0n) is 11.1. The van der Waals surface area contributed by atoms with Crippen molar-refractivity contribution < 1.29 is 9.90 Å². The molecular weight excluding hydrogens is 226 g/mol. The number of hydrogen-bond acceptors (Lipinski definition) is 2. The molecule has 0 radical (unpaired) electrons. The molecule has 2 N–H and O–H groups in total. The Labute approximate surface area is 108 Å². The molecule has 1 rings (SSSR count). The lowest BCUT2D eigenvalue weighted by Gasteiger charge is -2.11. The van der Waals surface area contributed by atoms with Gasteiger partial charge in [0.15, 0.2) is 0 Å². The molecule has 18 heavy (non-hydrogen) atoms. The summed E-state index contributed by atoms with van der Waals surface area (Å²) in [6, 6.07) is 5.61. The number of carbonyl (C=O) groups is 1. The van der Waals surface area contributed by atoms with Gasteiger partial charge in [0, 0.05) is 23.6 Å². The molecule has 0 saturated carbocycles. The van der Waals surface area contributed by atoms with Crippen LogP contribution in [-0.2, 0) is 0 Å². The summed E-state index contributed by atoms with van der Waals surface area (Å²) in [5, 5.41) is 11.6. The topological polar surface area (TPSA) is 49.3 Å². The standard InChI is InChI=1S/C15H19NO2/c1-11(2)16-15(18)14-9-6-8-13(12(14)3)7-4-5-10-17/h6,8-9,11,17H,5,10H2,1-3H3,(H,16,18). The Kier molecular flexibility index (Phi) is 5.41. The molecule has 3 heteroatoms. The summed E-state index contributed by atoms with van der Waals surface area (Å²) >= 11 is 0. The van der Waals surface area contributed by atoms with Crippen molar-refractivity contribution in [3.05, 3.63) is 34.9 Å². The molecule has 0 atom stereocenters. The van der Waals surface area contributed by atoms with Crippen molar-refractivity contribution in [2.75, 3.05) is 6.61 Å². The largest absolute Gasteiger partial charge is 0.395 e. The third kappa shape index (κ3) is 3.90. The van der Waals surface area contributed by atoms with Gasteiger partial charge in [-0.2, -0.15) is 0 Å². The molecule has 96 valence electrons. The van der Waals surface area contributed by atoms with E-state index in [1.807, 2.05) is 32.9 Å². The Morgan fingerprint density at radius 3 is 2.78 bits per heavy atom. The van der Waals surface area contributed by atoms with Gasteiger partial charge in [-0.3, -0.25) is 4.79 Å². The van der Waals surface area contributed by atoms with E-state index in [4.69, 9.17) is 5.11 Å². The zero-order chi connectivity index (χ0) is 13.5. The van der Waals surface area contributed by atoms with E-state index >= 15 is 0 Å². The molecule has 0 unspecified atom stereocenters. The Bertz CT molecular complexity index is 481. The van der Waals surface area contributed by atoms with Crippen LogP contribution in [0.5, 0.6) is 0 Å². The highest BCUT2D eigenvalue weighted by Gasteiger charge is 2.11. The molecule has 0 heterocycles. The first-order valence-corrected chi connectivity index (χ1v) is 6.06. The average Bonchev–Trinajstić information content (AvgIpc) is 2.30. The van der Waals surface area contributed by atoms with E-state index in [1.54, 1.807) is 6.07 Å². The summed E-state index contributed by atoms with van der Waals surface area (Å²) < 4.78 is 0. The van der Waals surface area contributed by atoms with Crippen molar-refractivity contribution in [1.82, 2.24) is 5.32 Å². The van der Waals surface area contributed by atoms with Gasteiger partial charge >= 0.3 is 0 Å². The van der Waals surface area contributed by atoms with Gasteiger partial charge in [-0.25, -0.2) is 0 Å². The minimum absolute atomic E-state index is 0.0551. The average molecular weight is 245 g/mol. The van der Waals surface area contributed by atoms with Crippen molar-refractivity contribution in [2.24, 2.45) is 0 Å². The summed E-state index contributed by atoms with van der Waals surface area (Å²) in [7, 11) is 0. The lowest BCUT2D eigenvalue weighted by molar-refractivity contribution is 0.0942. The number of nitrogens with one attached hydrogen (secondary N) is 1. The molecule has 1 aromatic carbocycles. The molecule has 1 aromatic rings. The van der Waals surface area contributed by atoms with Gasteiger partial charge in [0.25, 0.3) is 5.91 Å². The molecule has 0 aliphatic heterocycles. The van der Waals surface area contributed by atoms with Crippen LogP contribution < -0.4 is 5.32 Å². The Morgan fingerprint density at radius 1 is 1.44 bits per heavy atom. The van der Waals surface area contributed by atoms with Crippen molar-refractivity contribution in [3.8, 4) is 11.8 Å². The summed E-state index contributed by atoms with van der Waals surface area (Å²) in [6.45, 7) is 5.80. The highest BCUT2D eigenvalue weighted by Crippen LogP contribution is 2.13. The predicted octanol–water partition coefficient (Wildman–Crippen LogP) is 1.87. The monoisotopic (exact) mass is 245 g/mol. The highest BCUT2D eigenvalue weighted by molar-refractivity contribution is 5.96. The fourth-order valence-corrected chi connectivity index (χ4v) is 1.57. The van der Waals surface area contributed by atoms with Gasteiger partial charge < -0.3 is 10.4 Å². The first kappa shape index (κ1) is 14.3. The highest BCUT2D eigenvalue weighted by atomic mass is 16.2. The molecule has 0 fully saturated rings. The van der Waals surface area contributed by atoms with Crippen molar-refractivity contribution >= 4 is 5.91 Å². The molecule has 3 nitrogen and oxygen atoms in total. The predicted molar refractivity (Wildman–Crippen MR) is 72.4 cm³/mol. The fourth-order valence-electron chi connectivity index (χ4n) is 1.57. The third-order valence-electron chi connectivity index (χ3n) is 2.46. The molecule has 0 saturated heterocycles. The normalized spacial score (nSPS) is 9.83. The van der Waals surface area contributed by atoms with E-state index in [0.29, 0.717) is 12.0 Å². The number of rotatable bonds is 3. The van der Waals surface area contributed by atoms with E-state index in [9.17, 15) is 4.79 Å². The van der Waals surface area contributed by atoms with Crippen molar-refractivity contribution in [3.63, 3.8) is 0 Å². The maximum Gasteiger partial charge on any atom is 0.251 e. The molecule has 1 amide bonds. The van der Waals surface area contributed by atoms with Crippen LogP contribution in [0.2, 0.25) is 0 Å². The first-order chi connectivity index (χ1) is 8.56. The van der Waals surface area contributed by atoms with Crippen LogP contribution in [0.4, 0.5) is 0 Å². The second-order valence-corrected chi connectivity index (χ2v) is 4.38. The SMILES string of the molecule is Cc1c(C#CCCO)cccc1C(=O)NC(C)C. The van der Waals surface area contributed by atoms with Crippen molar-refractivity contribution in [2.45, 2.75) is 33.2 Å². The van der Waals surface area contributed by atoms with E-state index in [-0.39, 0.29) is 18.6 Å². The van der Waals surface area contributed by atoms with Gasteiger partial charge in [-0.1, -0.05) is 17.9 Å². The Morgan fingerprint density at radius 2 is 2.17 bits per heavy atom. The molecule has 0 aliphatic carbocycles. The maximum absolute atomic E-state index is 12.0. The second-order valence-electron chi connectivity index (χ2n) is 4.38. The van der Waals surface area contributed by atoms with E-state index in [1.165, 1.54) is 0 Å². The second kappa shape index (κ2) is 6.83. The molecule has 0 aromatic heterocycles. The minimum atomic E-state index is -0.0756. The van der Waals surface area contributed by atoms with Crippen LogP contribution in [0.1, 0.15) is 41.8 Å². The summed E-state index contributed by atoms with van der Waals surface area (Å²) in [6.07, 6.45) is 0.446. The van der Waals surface area contributed by atoms with Crippen LogP contribution >= 0.6 is 0 Å². The number of benzene rings is 1. The van der Waals surface area contributed by atoms with Crippen LogP contribution in [0, 0.1) is 18.8 Å². The molecule has 0 aliphatic rings. The van der Waals surface area contributed by atoms with E-state index in [0.717, 1.165) is 11.1 Å². The van der Waals surface area contributed by atoms with Crippen LogP contribution in [-0.4, -0.2) is 23.7 Å². The Balaban J connectivity index is 2.99. The summed E-state index contributed by atoms with van der Waals surface area (Å²) in [5.41, 5.74) is 2.36. The van der Waals surface area contributed by atoms with Gasteiger partial charge in [0.2, 0.25) is 0 Å². The molecule has 0 bridgehead atoms. The first-order valence-electron chi connectivity index (χ1n) is 6.06. The lowest BCUT2D eigenvalue weighted by Crippen LogP contribution is -2.30. The van der Waals surface area contributed by atoms with Gasteiger partial charge in [0.05, 0.1) is 6.61 Å². The Hall–Kier alpha value is -1.79. The van der Waals surface area contributed by atoms with Crippen molar-refractivity contribution in [1.29, 1.82) is 0 Å². The van der Waals surface area contributed by atoms with Gasteiger partial charge in [-0.15, -0.1) is 0 Å². The van der Waals surface area contributed by atoms with E-state index < -0.39 is 0 Å². The van der Waals surface area contributed by atoms with Crippen LogP contribution in [0.25, 0.3) is 0 Å². The third-order valence-corrected chi connectivity index (χ3v) is 2.46. The van der Waals surface area contributed by atoms with Crippen LogP contribution in [0.15, 0.2) is 18.2 Å². The fraction of sp³-hybridized carbons (Fsp3) is 0.400. The minimum Gasteiger partial charge on any atom is -0.395 e. The quantitative estimate of drug-likeness (QED) is 0.799. The number of aliphatic hydroxyl groups is 1. The number of hydrogen-bond donors (Lipinski definition) is 2. The number of amides is 1. The maximum atomic E-state index is 12.0. The molecular formula is C15H19NO2. The number of aliphatic hydroxyl groups excluding tert-OH is 1. The lowest BCUT2D eigenvalue weighted by atomic mass is 10.0. The summed E-state index contributed by atoms with van der Waals surface area (Å²) in [4.78, 5) is 12.0. The van der Waals surface area contributed by atoms with Crippen LogP contribution in [0.3, 0.4) is 0 Å². The smallest absolute Gasteiger partial charge is 0.251 e. The summed E-state index contributed by atoms with van der Waals surface area (Å²) in [5.74, 6) is 5.76. The van der Waals surface area contributed by atoms with Gasteiger partial charge in [-0.05, 0) is 38.5 Å². The van der Waals surface area contributed by atoms with E-state index in [2.05, 4.69) is 17.2 Å².